The first kappa shape index (κ1) is 19.9. The van der Waals surface area contributed by atoms with Crippen LogP contribution in [0.2, 0.25) is 0 Å². The van der Waals surface area contributed by atoms with E-state index in [4.69, 9.17) is 19.2 Å². The van der Waals surface area contributed by atoms with Crippen LogP contribution in [0.4, 0.5) is 17.6 Å². The molecule has 5 rings (SSSR count). The number of hydrogen-bond acceptors (Lipinski definition) is 10. The number of nitrogens with zero attached hydrogens (tertiary/aromatic N) is 7. The Morgan fingerprint density at radius 1 is 1.19 bits per heavy atom. The predicted molar refractivity (Wildman–Crippen MR) is 117 cm³/mol. The Bertz CT molecular complexity index is 1240. The zero-order chi connectivity index (χ0) is 22.1. The van der Waals surface area contributed by atoms with Crippen molar-refractivity contribution in [1.29, 1.82) is 0 Å². The Hall–Kier alpha value is -4.02. The molecule has 0 aliphatic carbocycles. The number of aromatic amines is 1. The highest BCUT2D eigenvalue weighted by Gasteiger charge is 2.35. The zero-order valence-corrected chi connectivity index (χ0v) is 18.0. The lowest BCUT2D eigenvalue weighted by Crippen LogP contribution is -2.42. The van der Waals surface area contributed by atoms with E-state index in [-0.39, 0.29) is 6.04 Å². The zero-order valence-electron chi connectivity index (χ0n) is 18.0. The fourth-order valence-corrected chi connectivity index (χ4v) is 3.60. The van der Waals surface area contributed by atoms with Crippen LogP contribution in [-0.4, -0.2) is 48.9 Å². The summed E-state index contributed by atoms with van der Waals surface area (Å²) >= 11 is 0. The first-order valence-corrected chi connectivity index (χ1v) is 10.4. The van der Waals surface area contributed by atoms with Crippen LogP contribution in [0.3, 0.4) is 0 Å². The van der Waals surface area contributed by atoms with Gasteiger partial charge in [0.05, 0.1) is 13.2 Å². The summed E-state index contributed by atoms with van der Waals surface area (Å²) in [6, 6.07) is 5.73. The van der Waals surface area contributed by atoms with Gasteiger partial charge in [0, 0.05) is 48.5 Å². The number of anilines is 3. The van der Waals surface area contributed by atoms with Gasteiger partial charge in [-0.2, -0.15) is 10.1 Å². The van der Waals surface area contributed by atoms with Gasteiger partial charge in [0.1, 0.15) is 11.5 Å². The number of nitrogens with one attached hydrogen (secondary N) is 2. The van der Waals surface area contributed by atoms with E-state index in [1.807, 2.05) is 25.1 Å². The van der Waals surface area contributed by atoms with Crippen molar-refractivity contribution in [2.45, 2.75) is 32.7 Å². The minimum atomic E-state index is -0.00787. The lowest BCUT2D eigenvalue weighted by molar-refractivity contribution is 0.315. The summed E-state index contributed by atoms with van der Waals surface area (Å²) in [5.41, 5.74) is 3.04. The topological polar surface area (TPSA) is 131 Å². The minimum absolute atomic E-state index is 0.00787. The van der Waals surface area contributed by atoms with Crippen LogP contribution in [0, 0.1) is 6.92 Å². The molecule has 4 aromatic heterocycles. The fourth-order valence-electron chi connectivity index (χ4n) is 3.60. The quantitative estimate of drug-likeness (QED) is 0.448. The molecule has 5 heterocycles. The van der Waals surface area contributed by atoms with E-state index in [9.17, 15) is 0 Å². The smallest absolute Gasteiger partial charge is 0.242 e. The fraction of sp³-hybridized carbons (Fsp3) is 0.333. The molecule has 2 N–H and O–H groups in total. The predicted octanol–water partition coefficient (Wildman–Crippen LogP) is 3.22. The number of methoxy groups -OCH3 is 1. The van der Waals surface area contributed by atoms with Gasteiger partial charge in [-0.05, 0) is 19.8 Å². The third kappa shape index (κ3) is 3.72. The van der Waals surface area contributed by atoms with Crippen molar-refractivity contribution in [2.75, 3.05) is 23.9 Å². The van der Waals surface area contributed by atoms with E-state index < -0.39 is 0 Å². The summed E-state index contributed by atoms with van der Waals surface area (Å²) < 4.78 is 10.9. The SMILES string of the molecule is CCc1cc(Nc2cc(C)[nH]n2)nc(N2CCC2c2cc(-c3nccnc3OC)no2)n1. The second-order valence-corrected chi connectivity index (χ2v) is 7.49. The molecule has 11 nitrogen and oxygen atoms in total. The maximum absolute atomic E-state index is 5.66. The molecule has 11 heteroatoms. The molecule has 1 fully saturated rings. The molecule has 4 aromatic rings. The monoisotopic (exact) mass is 433 g/mol. The van der Waals surface area contributed by atoms with Gasteiger partial charge in [0.2, 0.25) is 11.8 Å². The van der Waals surface area contributed by atoms with Crippen LogP contribution in [-0.2, 0) is 6.42 Å². The van der Waals surface area contributed by atoms with Crippen molar-refractivity contribution in [3.63, 3.8) is 0 Å². The van der Waals surface area contributed by atoms with Crippen LogP contribution < -0.4 is 15.0 Å². The average Bonchev–Trinajstić information content (AvgIpc) is 3.42. The molecule has 1 atom stereocenters. The molecule has 1 aliphatic heterocycles. The first-order chi connectivity index (χ1) is 15.6. The Kier molecular flexibility index (Phi) is 5.13. The molecule has 0 aromatic carbocycles. The normalized spacial score (nSPS) is 15.5. The van der Waals surface area contributed by atoms with Crippen LogP contribution in [0.25, 0.3) is 11.4 Å². The van der Waals surface area contributed by atoms with Gasteiger partial charge >= 0.3 is 0 Å². The molecule has 0 bridgehead atoms. The number of rotatable bonds is 7. The Morgan fingerprint density at radius 3 is 2.78 bits per heavy atom. The minimum Gasteiger partial charge on any atom is -0.479 e. The van der Waals surface area contributed by atoms with Crippen molar-refractivity contribution < 1.29 is 9.26 Å². The molecule has 1 aliphatic rings. The maximum Gasteiger partial charge on any atom is 0.242 e. The van der Waals surface area contributed by atoms with Gasteiger partial charge in [-0.3, -0.25) is 5.10 Å². The van der Waals surface area contributed by atoms with E-state index in [0.717, 1.165) is 36.5 Å². The van der Waals surface area contributed by atoms with Crippen molar-refractivity contribution in [1.82, 2.24) is 35.3 Å². The highest BCUT2D eigenvalue weighted by atomic mass is 16.5. The number of ether oxygens (including phenoxy) is 1. The van der Waals surface area contributed by atoms with E-state index in [2.05, 4.69) is 42.5 Å². The Morgan fingerprint density at radius 2 is 2.06 bits per heavy atom. The summed E-state index contributed by atoms with van der Waals surface area (Å²) in [5.74, 6) is 3.19. The second-order valence-electron chi connectivity index (χ2n) is 7.49. The average molecular weight is 433 g/mol. The molecule has 0 amide bonds. The molecule has 1 unspecified atom stereocenters. The Labute approximate surface area is 184 Å². The highest BCUT2D eigenvalue weighted by Crippen LogP contribution is 2.38. The van der Waals surface area contributed by atoms with E-state index in [1.165, 1.54) is 0 Å². The molecule has 164 valence electrons. The lowest BCUT2D eigenvalue weighted by atomic mass is 10.0. The van der Waals surface area contributed by atoms with Gasteiger partial charge in [-0.25, -0.2) is 15.0 Å². The summed E-state index contributed by atoms with van der Waals surface area (Å²) in [7, 11) is 1.55. The van der Waals surface area contributed by atoms with Crippen LogP contribution in [0.5, 0.6) is 5.88 Å². The van der Waals surface area contributed by atoms with E-state index >= 15 is 0 Å². The lowest BCUT2D eigenvalue weighted by Gasteiger charge is -2.39. The van der Waals surface area contributed by atoms with Gasteiger partial charge in [-0.1, -0.05) is 12.1 Å². The molecule has 0 spiro atoms. The summed E-state index contributed by atoms with van der Waals surface area (Å²) in [6.07, 6.45) is 4.88. The van der Waals surface area contributed by atoms with Gasteiger partial charge in [0.15, 0.2) is 17.3 Å². The highest BCUT2D eigenvalue weighted by molar-refractivity contribution is 5.60. The second kappa shape index (κ2) is 8.25. The summed E-state index contributed by atoms with van der Waals surface area (Å²) in [5, 5.41) is 14.6. The van der Waals surface area contributed by atoms with Gasteiger partial charge in [-0.15, -0.1) is 0 Å². The first-order valence-electron chi connectivity index (χ1n) is 10.4. The van der Waals surface area contributed by atoms with Crippen molar-refractivity contribution in [3.05, 3.63) is 47.7 Å². The third-order valence-corrected chi connectivity index (χ3v) is 5.33. The molecular formula is C21H23N9O2. The van der Waals surface area contributed by atoms with Crippen molar-refractivity contribution in [3.8, 4) is 17.3 Å². The molecule has 0 radical (unpaired) electrons. The van der Waals surface area contributed by atoms with E-state index in [1.54, 1.807) is 19.5 Å². The van der Waals surface area contributed by atoms with Crippen LogP contribution >= 0.6 is 0 Å². The van der Waals surface area contributed by atoms with E-state index in [0.29, 0.717) is 34.9 Å². The number of aromatic nitrogens is 7. The summed E-state index contributed by atoms with van der Waals surface area (Å²) in [6.45, 7) is 4.84. The van der Waals surface area contributed by atoms with Gasteiger partial charge in [0.25, 0.3) is 0 Å². The van der Waals surface area contributed by atoms with Crippen molar-refractivity contribution >= 4 is 17.6 Å². The van der Waals surface area contributed by atoms with Crippen LogP contribution in [0.1, 0.15) is 36.5 Å². The third-order valence-electron chi connectivity index (χ3n) is 5.33. The van der Waals surface area contributed by atoms with Gasteiger partial charge < -0.3 is 19.5 Å². The Balaban J connectivity index is 1.40. The number of H-pyrrole nitrogens is 1. The molecule has 1 saturated heterocycles. The molecule has 0 saturated carbocycles. The number of aryl methyl sites for hydroxylation is 2. The number of hydrogen-bond donors (Lipinski definition) is 2. The van der Waals surface area contributed by atoms with Crippen molar-refractivity contribution in [2.24, 2.45) is 0 Å². The van der Waals surface area contributed by atoms with Crippen LogP contribution in [0.15, 0.2) is 35.1 Å². The molecule has 32 heavy (non-hydrogen) atoms. The summed E-state index contributed by atoms with van der Waals surface area (Å²) in [4.78, 5) is 20.1. The standard InChI is InChI=1S/C21H23N9O2/c1-4-13-10-17(25-18-9-12(2)27-28-18)26-21(24-13)30-8-5-15(30)16-11-14(29-32-16)19-20(31-3)23-7-6-22-19/h6-7,9-11,15H,4-5,8H2,1-3H3,(H2,24,25,26,27,28). The molecular weight excluding hydrogens is 410 g/mol. The maximum atomic E-state index is 5.66. The largest absolute Gasteiger partial charge is 0.479 e.